The third-order valence-corrected chi connectivity index (χ3v) is 2.19. The minimum atomic E-state index is -0.798. The first-order chi connectivity index (χ1) is 11.2. The van der Waals surface area contributed by atoms with Crippen LogP contribution in [0.5, 0.6) is 0 Å². The summed E-state index contributed by atoms with van der Waals surface area (Å²) >= 11 is 0. The van der Waals surface area contributed by atoms with Crippen molar-refractivity contribution in [3.05, 3.63) is 23.7 Å². The van der Waals surface area contributed by atoms with Gasteiger partial charge in [0.2, 0.25) is 0 Å². The second-order valence-electron chi connectivity index (χ2n) is 3.86. The molecule has 9 nitrogen and oxygen atoms in total. The van der Waals surface area contributed by atoms with Gasteiger partial charge in [0.15, 0.2) is 26.0 Å². The van der Waals surface area contributed by atoms with Crippen molar-refractivity contribution in [2.24, 2.45) is 9.98 Å². The summed E-state index contributed by atoms with van der Waals surface area (Å²) in [7, 11) is 0. The zero-order valence-electron chi connectivity index (χ0n) is 12.9. The molecule has 0 fully saturated rings. The lowest BCUT2D eigenvalue weighted by Gasteiger charge is -1.99. The van der Waals surface area contributed by atoms with Crippen molar-refractivity contribution in [1.82, 2.24) is 0 Å². The molecule has 126 valence electrons. The Kier molecular flexibility index (Phi) is 8.57. The molecule has 0 bridgehead atoms. The molecule has 1 aromatic rings. The number of hydrogen-bond acceptors (Lipinski definition) is 7. The Bertz CT molecular complexity index is 505. The van der Waals surface area contributed by atoms with E-state index in [1.807, 2.05) is 0 Å². The first kappa shape index (κ1) is 18.2. The second-order valence-corrected chi connectivity index (χ2v) is 3.86. The maximum absolute atomic E-state index is 11.2. The number of ether oxygens (including phenoxy) is 4. The SMILES string of the molecule is CCO/C=N/C(=O)OCc1ccc(COC(=O)/N=C/OCC)o1. The Hall–Kier alpha value is -2.84. The van der Waals surface area contributed by atoms with E-state index in [9.17, 15) is 9.59 Å². The van der Waals surface area contributed by atoms with Gasteiger partial charge in [-0.3, -0.25) is 0 Å². The van der Waals surface area contributed by atoms with Crippen LogP contribution in [0.2, 0.25) is 0 Å². The van der Waals surface area contributed by atoms with E-state index >= 15 is 0 Å². The van der Waals surface area contributed by atoms with Gasteiger partial charge in [0.05, 0.1) is 13.2 Å². The largest absolute Gasteiger partial charge is 0.483 e. The number of amides is 2. The standard InChI is InChI=1S/C14H18N2O7/c1-3-19-9-15-13(17)21-7-11-5-6-12(23-11)8-22-14(18)16-10-20-4-2/h5-6,9-10H,3-4,7-8H2,1-2H3/b15-9+,16-10+. The van der Waals surface area contributed by atoms with Crippen LogP contribution in [-0.2, 0) is 32.2 Å². The molecule has 0 unspecified atom stereocenters. The third kappa shape index (κ3) is 8.24. The summed E-state index contributed by atoms with van der Waals surface area (Å²) < 4.78 is 24.5. The summed E-state index contributed by atoms with van der Waals surface area (Å²) in [5, 5.41) is 0. The van der Waals surface area contributed by atoms with E-state index < -0.39 is 12.2 Å². The second kappa shape index (κ2) is 10.8. The molecule has 0 aromatic carbocycles. The molecular formula is C14H18N2O7. The Morgan fingerprint density at radius 2 is 1.39 bits per heavy atom. The van der Waals surface area contributed by atoms with Gasteiger partial charge in [0.1, 0.15) is 11.5 Å². The van der Waals surface area contributed by atoms with Gasteiger partial charge in [0, 0.05) is 0 Å². The molecule has 0 spiro atoms. The van der Waals surface area contributed by atoms with E-state index in [1.54, 1.807) is 26.0 Å². The van der Waals surface area contributed by atoms with E-state index in [1.165, 1.54) is 0 Å². The van der Waals surface area contributed by atoms with Crippen LogP contribution >= 0.6 is 0 Å². The summed E-state index contributed by atoms with van der Waals surface area (Å²) in [4.78, 5) is 29.2. The summed E-state index contributed by atoms with van der Waals surface area (Å²) in [5.41, 5.74) is 0. The van der Waals surface area contributed by atoms with Crippen LogP contribution in [-0.4, -0.2) is 38.2 Å². The fourth-order valence-corrected chi connectivity index (χ4v) is 1.23. The van der Waals surface area contributed by atoms with E-state index in [2.05, 4.69) is 9.98 Å². The van der Waals surface area contributed by atoms with Crippen LogP contribution in [0.25, 0.3) is 0 Å². The number of nitrogens with zero attached hydrogens (tertiary/aromatic N) is 2. The molecule has 2 amide bonds. The normalized spacial score (nSPS) is 10.9. The number of aliphatic imine (C=N–C) groups is 2. The van der Waals surface area contributed by atoms with E-state index in [-0.39, 0.29) is 13.2 Å². The van der Waals surface area contributed by atoms with Crippen LogP contribution in [0, 0.1) is 0 Å². The molecule has 0 saturated heterocycles. The highest BCUT2D eigenvalue weighted by Gasteiger charge is 2.07. The third-order valence-electron chi connectivity index (χ3n) is 2.19. The Morgan fingerprint density at radius 3 is 1.78 bits per heavy atom. The number of carbonyl (C=O) groups excluding carboxylic acids is 2. The van der Waals surface area contributed by atoms with Crippen LogP contribution in [0.1, 0.15) is 25.4 Å². The molecule has 0 aliphatic heterocycles. The minimum absolute atomic E-state index is 0.0985. The van der Waals surface area contributed by atoms with Crippen molar-refractivity contribution in [3.63, 3.8) is 0 Å². The molecule has 23 heavy (non-hydrogen) atoms. The fraction of sp³-hybridized carbons (Fsp3) is 0.429. The summed E-state index contributed by atoms with van der Waals surface area (Å²) in [6, 6.07) is 3.18. The molecule has 0 aliphatic rings. The molecule has 0 saturated carbocycles. The zero-order chi connectivity index (χ0) is 16.9. The van der Waals surface area contributed by atoms with E-state index in [0.717, 1.165) is 12.8 Å². The van der Waals surface area contributed by atoms with Crippen molar-refractivity contribution in [2.45, 2.75) is 27.1 Å². The monoisotopic (exact) mass is 326 g/mol. The van der Waals surface area contributed by atoms with Crippen LogP contribution in [0.15, 0.2) is 26.5 Å². The molecule has 0 aliphatic carbocycles. The zero-order valence-corrected chi connectivity index (χ0v) is 12.9. The van der Waals surface area contributed by atoms with Crippen molar-refractivity contribution in [2.75, 3.05) is 13.2 Å². The van der Waals surface area contributed by atoms with Gasteiger partial charge >= 0.3 is 12.2 Å². The first-order valence-electron chi connectivity index (χ1n) is 6.85. The fourth-order valence-electron chi connectivity index (χ4n) is 1.23. The van der Waals surface area contributed by atoms with Crippen molar-refractivity contribution >= 4 is 25.0 Å². The van der Waals surface area contributed by atoms with E-state index in [4.69, 9.17) is 23.4 Å². The number of carbonyl (C=O) groups is 2. The van der Waals surface area contributed by atoms with Crippen molar-refractivity contribution < 1.29 is 33.0 Å². The average molecular weight is 326 g/mol. The molecule has 1 rings (SSSR count). The van der Waals surface area contributed by atoms with Crippen molar-refractivity contribution in [1.29, 1.82) is 0 Å². The van der Waals surface area contributed by atoms with Crippen molar-refractivity contribution in [3.8, 4) is 0 Å². The Morgan fingerprint density at radius 1 is 0.957 bits per heavy atom. The molecule has 0 radical (unpaired) electrons. The maximum Gasteiger partial charge on any atom is 0.436 e. The first-order valence-corrected chi connectivity index (χ1v) is 6.85. The molecule has 1 aromatic heterocycles. The molecule has 9 heteroatoms. The van der Waals surface area contributed by atoms with Gasteiger partial charge in [0.25, 0.3) is 0 Å². The van der Waals surface area contributed by atoms with Crippen LogP contribution in [0.4, 0.5) is 9.59 Å². The van der Waals surface area contributed by atoms with Gasteiger partial charge in [-0.05, 0) is 26.0 Å². The summed E-state index contributed by atoms with van der Waals surface area (Å²) in [5.74, 6) is 0.766. The van der Waals surface area contributed by atoms with Crippen LogP contribution < -0.4 is 0 Å². The average Bonchev–Trinajstić information content (AvgIpc) is 2.99. The molecule has 0 N–H and O–H groups in total. The Balaban J connectivity index is 2.31. The lowest BCUT2D eigenvalue weighted by atomic mass is 10.4. The molecular weight excluding hydrogens is 308 g/mol. The molecule has 0 atom stereocenters. The predicted octanol–water partition coefficient (Wildman–Crippen LogP) is 2.68. The number of rotatable bonds is 8. The van der Waals surface area contributed by atoms with Gasteiger partial charge in [-0.2, -0.15) is 0 Å². The Labute approximate surface area is 132 Å². The number of furan rings is 1. The summed E-state index contributed by atoms with van der Waals surface area (Å²) in [6.45, 7) is 4.14. The molecule has 1 heterocycles. The number of hydrogen-bond donors (Lipinski definition) is 0. The quantitative estimate of drug-likeness (QED) is 0.533. The highest BCUT2D eigenvalue weighted by atomic mass is 16.6. The van der Waals surface area contributed by atoms with Gasteiger partial charge in [-0.1, -0.05) is 0 Å². The highest BCUT2D eigenvalue weighted by molar-refractivity contribution is 5.76. The van der Waals surface area contributed by atoms with Crippen LogP contribution in [0.3, 0.4) is 0 Å². The highest BCUT2D eigenvalue weighted by Crippen LogP contribution is 2.11. The smallest absolute Gasteiger partial charge is 0.436 e. The predicted molar refractivity (Wildman–Crippen MR) is 79.3 cm³/mol. The lowest BCUT2D eigenvalue weighted by molar-refractivity contribution is 0.131. The van der Waals surface area contributed by atoms with Gasteiger partial charge in [-0.25, -0.2) is 9.59 Å². The van der Waals surface area contributed by atoms with Gasteiger partial charge < -0.3 is 23.4 Å². The van der Waals surface area contributed by atoms with E-state index in [0.29, 0.717) is 24.7 Å². The lowest BCUT2D eigenvalue weighted by Crippen LogP contribution is -2.01. The minimum Gasteiger partial charge on any atom is -0.483 e. The van der Waals surface area contributed by atoms with Gasteiger partial charge in [-0.15, -0.1) is 9.98 Å². The summed E-state index contributed by atoms with van der Waals surface area (Å²) in [6.07, 6.45) is 0.428. The topological polar surface area (TPSA) is 109 Å². The maximum atomic E-state index is 11.2.